The fraction of sp³-hybridized carbons (Fsp3) is 0.714. The number of guanidine groups is 1. The van der Waals surface area contributed by atoms with Gasteiger partial charge in [-0.3, -0.25) is 9.79 Å². The molecule has 1 saturated heterocycles. The van der Waals surface area contributed by atoms with Crippen molar-refractivity contribution in [3.8, 4) is 0 Å². The summed E-state index contributed by atoms with van der Waals surface area (Å²) in [6.07, 6.45) is 5.33. The second kappa shape index (κ2) is 14.8. The Labute approximate surface area is 191 Å². The van der Waals surface area contributed by atoms with Gasteiger partial charge in [-0.2, -0.15) is 0 Å². The van der Waals surface area contributed by atoms with Crippen LogP contribution in [0.3, 0.4) is 0 Å². The van der Waals surface area contributed by atoms with Crippen molar-refractivity contribution in [2.45, 2.75) is 51.7 Å². The fourth-order valence-corrected chi connectivity index (χ4v) is 3.52. The lowest BCUT2D eigenvalue weighted by Crippen LogP contribution is -2.47. The largest absolute Gasteiger partial charge is 0.385 e. The Morgan fingerprint density at radius 1 is 1.21 bits per heavy atom. The number of aliphatic imine (C=N–C) groups is 1. The average molecular weight is 520 g/mol. The molecule has 2 heterocycles. The summed E-state index contributed by atoms with van der Waals surface area (Å²) in [6, 6.07) is 5.41. The molecular weight excluding hydrogens is 483 g/mol. The van der Waals surface area contributed by atoms with Crippen molar-refractivity contribution >= 4 is 29.9 Å². The van der Waals surface area contributed by atoms with E-state index in [1.54, 1.807) is 13.2 Å². The molecule has 8 heteroatoms. The van der Waals surface area contributed by atoms with Crippen molar-refractivity contribution in [2.24, 2.45) is 4.99 Å². The van der Waals surface area contributed by atoms with Gasteiger partial charge in [-0.15, -0.1) is 24.0 Å². The third-order valence-corrected chi connectivity index (χ3v) is 5.16. The maximum absolute atomic E-state index is 11.9. The summed E-state index contributed by atoms with van der Waals surface area (Å²) >= 11 is 0. The van der Waals surface area contributed by atoms with Gasteiger partial charge in [0.1, 0.15) is 0 Å². The van der Waals surface area contributed by atoms with Gasteiger partial charge in [0.2, 0.25) is 0 Å². The van der Waals surface area contributed by atoms with E-state index in [4.69, 9.17) is 9.47 Å². The first kappa shape index (κ1) is 25.9. The molecule has 0 atom stereocenters. The first-order chi connectivity index (χ1) is 13.7. The summed E-state index contributed by atoms with van der Waals surface area (Å²) in [7, 11) is 3.56. The molecule has 0 unspecified atom stereocenters. The number of unbranched alkanes of at least 4 members (excludes halogenated alkanes) is 1. The van der Waals surface area contributed by atoms with Crippen LogP contribution in [0.1, 0.15) is 37.8 Å². The van der Waals surface area contributed by atoms with Crippen molar-refractivity contribution in [1.29, 1.82) is 0 Å². The number of ether oxygens (including phenoxy) is 2. The number of rotatable bonds is 10. The molecule has 7 nitrogen and oxygen atoms in total. The van der Waals surface area contributed by atoms with Crippen LogP contribution in [-0.4, -0.2) is 68.5 Å². The molecule has 0 aliphatic carbocycles. The van der Waals surface area contributed by atoms with Crippen LogP contribution in [0.15, 0.2) is 28.0 Å². The van der Waals surface area contributed by atoms with Crippen molar-refractivity contribution in [2.75, 3.05) is 47.0 Å². The lowest BCUT2D eigenvalue weighted by molar-refractivity contribution is 0.00991. The molecule has 2 rings (SSSR count). The van der Waals surface area contributed by atoms with Crippen LogP contribution >= 0.6 is 24.0 Å². The molecule has 1 N–H and O–H groups in total. The standard InChI is InChI=1S/C21H36N4O3.HI/c1-18-8-6-9-20(26)25(18)13-5-4-12-23-21(22-2)24-14-10-19(11-15-24)28-17-7-16-27-3;/h6,8-9,19H,4-5,7,10-17H2,1-3H3,(H,22,23);1H. The Kier molecular flexibility index (Phi) is 13.2. The highest BCUT2D eigenvalue weighted by molar-refractivity contribution is 14.0. The molecule has 1 aliphatic rings. The van der Waals surface area contributed by atoms with Gasteiger partial charge < -0.3 is 24.3 Å². The predicted octanol–water partition coefficient (Wildman–Crippen LogP) is 2.65. The van der Waals surface area contributed by atoms with E-state index in [-0.39, 0.29) is 29.5 Å². The number of likely N-dealkylation sites (tertiary alicyclic amines) is 1. The average Bonchev–Trinajstić information content (AvgIpc) is 2.70. The van der Waals surface area contributed by atoms with E-state index < -0.39 is 0 Å². The minimum absolute atomic E-state index is 0. The number of pyridine rings is 1. The third-order valence-electron chi connectivity index (χ3n) is 5.16. The van der Waals surface area contributed by atoms with E-state index in [0.717, 1.165) is 83.2 Å². The Balaban J connectivity index is 0.00000420. The number of piperidine rings is 1. The van der Waals surface area contributed by atoms with Crippen LogP contribution in [0, 0.1) is 6.92 Å². The summed E-state index contributed by atoms with van der Waals surface area (Å²) in [6.45, 7) is 7.06. The maximum Gasteiger partial charge on any atom is 0.250 e. The first-order valence-corrected chi connectivity index (χ1v) is 10.4. The quantitative estimate of drug-likeness (QED) is 0.223. The van der Waals surface area contributed by atoms with Crippen LogP contribution in [0.4, 0.5) is 0 Å². The van der Waals surface area contributed by atoms with E-state index in [9.17, 15) is 4.79 Å². The fourth-order valence-electron chi connectivity index (χ4n) is 3.52. The maximum atomic E-state index is 11.9. The number of hydrogen-bond donors (Lipinski definition) is 1. The van der Waals surface area contributed by atoms with Gasteiger partial charge in [0.25, 0.3) is 5.56 Å². The summed E-state index contributed by atoms with van der Waals surface area (Å²) < 4.78 is 12.8. The summed E-state index contributed by atoms with van der Waals surface area (Å²) in [5.41, 5.74) is 1.10. The smallest absolute Gasteiger partial charge is 0.250 e. The van der Waals surface area contributed by atoms with Gasteiger partial charge in [-0.1, -0.05) is 6.07 Å². The zero-order valence-electron chi connectivity index (χ0n) is 18.1. The number of hydrogen-bond acceptors (Lipinski definition) is 4. The minimum Gasteiger partial charge on any atom is -0.385 e. The highest BCUT2D eigenvalue weighted by Gasteiger charge is 2.21. The molecular formula is C21H37IN4O3. The number of nitrogens with zero attached hydrogens (tertiary/aromatic N) is 3. The monoisotopic (exact) mass is 520 g/mol. The topological polar surface area (TPSA) is 68.1 Å². The molecule has 0 spiro atoms. The molecule has 29 heavy (non-hydrogen) atoms. The Hall–Kier alpha value is -1.13. The molecule has 166 valence electrons. The van der Waals surface area contributed by atoms with Gasteiger partial charge in [-0.25, -0.2) is 0 Å². The van der Waals surface area contributed by atoms with Gasteiger partial charge in [0, 0.05) is 65.3 Å². The summed E-state index contributed by atoms with van der Waals surface area (Å²) in [5.74, 6) is 0.964. The number of methoxy groups -OCH3 is 1. The molecule has 0 saturated carbocycles. The van der Waals surface area contributed by atoms with Crippen LogP contribution < -0.4 is 10.9 Å². The summed E-state index contributed by atoms with van der Waals surface area (Å²) in [5, 5.41) is 3.46. The number of aryl methyl sites for hydroxylation is 1. The van der Waals surface area contributed by atoms with Crippen LogP contribution in [0.25, 0.3) is 0 Å². The molecule has 0 amide bonds. The molecule has 1 aromatic rings. The highest BCUT2D eigenvalue weighted by atomic mass is 127. The van der Waals surface area contributed by atoms with Crippen molar-refractivity contribution < 1.29 is 9.47 Å². The van der Waals surface area contributed by atoms with Crippen LogP contribution in [0.2, 0.25) is 0 Å². The van der Waals surface area contributed by atoms with E-state index in [2.05, 4.69) is 15.2 Å². The highest BCUT2D eigenvalue weighted by Crippen LogP contribution is 2.14. The number of aromatic nitrogens is 1. The van der Waals surface area contributed by atoms with Crippen molar-refractivity contribution in [3.63, 3.8) is 0 Å². The molecule has 1 fully saturated rings. The van der Waals surface area contributed by atoms with E-state index in [0.29, 0.717) is 6.10 Å². The van der Waals surface area contributed by atoms with E-state index in [1.807, 2.05) is 30.7 Å². The Morgan fingerprint density at radius 2 is 1.97 bits per heavy atom. The molecule has 1 aromatic heterocycles. The summed E-state index contributed by atoms with van der Waals surface area (Å²) in [4.78, 5) is 18.6. The first-order valence-electron chi connectivity index (χ1n) is 10.4. The Morgan fingerprint density at radius 3 is 2.62 bits per heavy atom. The third kappa shape index (κ3) is 9.04. The Bertz CT molecular complexity index is 658. The second-order valence-electron chi connectivity index (χ2n) is 7.24. The SMILES string of the molecule is CN=C(NCCCCn1c(C)cccc1=O)N1CCC(OCCCOC)CC1.I. The lowest BCUT2D eigenvalue weighted by atomic mass is 10.1. The van der Waals surface area contributed by atoms with Crippen LogP contribution in [0.5, 0.6) is 0 Å². The molecule has 1 aliphatic heterocycles. The van der Waals surface area contributed by atoms with Gasteiger partial charge >= 0.3 is 0 Å². The lowest BCUT2D eigenvalue weighted by Gasteiger charge is -2.34. The van der Waals surface area contributed by atoms with E-state index in [1.165, 1.54) is 0 Å². The van der Waals surface area contributed by atoms with Gasteiger partial charge in [0.05, 0.1) is 6.10 Å². The molecule has 0 bridgehead atoms. The van der Waals surface area contributed by atoms with E-state index >= 15 is 0 Å². The zero-order chi connectivity index (χ0) is 20.2. The van der Waals surface area contributed by atoms with Gasteiger partial charge in [-0.05, 0) is 45.1 Å². The second-order valence-corrected chi connectivity index (χ2v) is 7.24. The number of nitrogens with one attached hydrogen (secondary N) is 1. The normalized spacial score (nSPS) is 15.3. The van der Waals surface area contributed by atoms with Crippen LogP contribution in [-0.2, 0) is 16.0 Å². The van der Waals surface area contributed by atoms with Crippen molar-refractivity contribution in [1.82, 2.24) is 14.8 Å². The predicted molar refractivity (Wildman–Crippen MR) is 128 cm³/mol. The molecule has 0 radical (unpaired) electrons. The van der Waals surface area contributed by atoms with Crippen molar-refractivity contribution in [3.05, 3.63) is 34.2 Å². The van der Waals surface area contributed by atoms with Gasteiger partial charge in [0.15, 0.2) is 5.96 Å². The number of halogens is 1. The minimum atomic E-state index is 0. The zero-order valence-corrected chi connectivity index (χ0v) is 20.4. The molecule has 0 aromatic carbocycles.